The molecule has 3 aromatic carbocycles. The van der Waals surface area contributed by atoms with Crippen molar-refractivity contribution in [3.05, 3.63) is 66.2 Å². The fourth-order valence-corrected chi connectivity index (χ4v) is 4.79. The Labute approximate surface area is 194 Å². The Balaban J connectivity index is 1.19. The van der Waals surface area contributed by atoms with Gasteiger partial charge in [-0.2, -0.15) is 4.98 Å². The SMILES string of the molecule is CN(C)c1nc(N[C@H]2CC[C@@H](NCc3ccc4ccccc4c3O)CC2)nc2ccccc12. The van der Waals surface area contributed by atoms with E-state index in [-0.39, 0.29) is 0 Å². The predicted octanol–water partition coefficient (Wildman–Crippen LogP) is 5.07. The van der Waals surface area contributed by atoms with Gasteiger partial charge in [0.25, 0.3) is 0 Å². The van der Waals surface area contributed by atoms with E-state index in [0.29, 0.717) is 30.3 Å². The summed E-state index contributed by atoms with van der Waals surface area (Å²) in [7, 11) is 4.03. The van der Waals surface area contributed by atoms with Crippen molar-refractivity contribution in [3.8, 4) is 5.75 Å². The molecule has 1 aliphatic rings. The maximum atomic E-state index is 10.7. The van der Waals surface area contributed by atoms with E-state index in [1.807, 2.05) is 67.5 Å². The van der Waals surface area contributed by atoms with Crippen molar-refractivity contribution < 1.29 is 5.11 Å². The van der Waals surface area contributed by atoms with Crippen molar-refractivity contribution in [1.82, 2.24) is 15.3 Å². The molecule has 1 aliphatic carbocycles. The summed E-state index contributed by atoms with van der Waals surface area (Å²) in [4.78, 5) is 11.6. The zero-order valence-corrected chi connectivity index (χ0v) is 19.3. The molecule has 5 rings (SSSR count). The van der Waals surface area contributed by atoms with Crippen molar-refractivity contribution in [3.63, 3.8) is 0 Å². The molecule has 6 heteroatoms. The molecule has 1 aromatic heterocycles. The second-order valence-electron chi connectivity index (χ2n) is 9.15. The molecular formula is C27H31N5O. The minimum atomic E-state index is 0.369. The molecule has 3 N–H and O–H groups in total. The van der Waals surface area contributed by atoms with E-state index in [9.17, 15) is 5.11 Å². The summed E-state index contributed by atoms with van der Waals surface area (Å²) in [5.74, 6) is 2.03. The van der Waals surface area contributed by atoms with Crippen molar-refractivity contribution in [2.75, 3.05) is 24.3 Å². The lowest BCUT2D eigenvalue weighted by molar-refractivity contribution is 0.350. The Hall–Kier alpha value is -3.38. The standard InChI is InChI=1S/C27H31N5O/c1-32(2)26-23-9-5-6-10-24(23)30-27(31-26)29-21-15-13-20(14-16-21)28-17-19-12-11-18-7-3-4-8-22(18)25(19)33/h3-12,20-21,28,33H,13-17H2,1-2H3,(H,29,30,31)/t20-,21+. The molecule has 0 spiro atoms. The van der Waals surface area contributed by atoms with Gasteiger partial charge in [0, 0.05) is 49.1 Å². The smallest absolute Gasteiger partial charge is 0.225 e. The van der Waals surface area contributed by atoms with Gasteiger partial charge in [-0.15, -0.1) is 0 Å². The summed E-state index contributed by atoms with van der Waals surface area (Å²) in [5.41, 5.74) is 1.92. The molecule has 0 bridgehead atoms. The number of phenolic OH excluding ortho intramolecular Hbond substituents is 1. The fourth-order valence-electron chi connectivity index (χ4n) is 4.79. The van der Waals surface area contributed by atoms with Gasteiger partial charge in [0.05, 0.1) is 5.52 Å². The Morgan fingerprint density at radius 2 is 1.55 bits per heavy atom. The van der Waals surface area contributed by atoms with E-state index in [4.69, 9.17) is 9.97 Å². The van der Waals surface area contributed by atoms with Crippen LogP contribution in [-0.2, 0) is 6.54 Å². The average molecular weight is 442 g/mol. The molecule has 0 unspecified atom stereocenters. The van der Waals surface area contributed by atoms with E-state index in [0.717, 1.165) is 58.7 Å². The van der Waals surface area contributed by atoms with Crippen LogP contribution in [0.5, 0.6) is 5.75 Å². The molecule has 33 heavy (non-hydrogen) atoms. The number of nitrogens with zero attached hydrogens (tertiary/aromatic N) is 3. The first-order valence-electron chi connectivity index (χ1n) is 11.7. The van der Waals surface area contributed by atoms with E-state index in [1.165, 1.54) is 0 Å². The largest absolute Gasteiger partial charge is 0.507 e. The lowest BCUT2D eigenvalue weighted by atomic mass is 9.91. The second-order valence-corrected chi connectivity index (χ2v) is 9.15. The highest BCUT2D eigenvalue weighted by Gasteiger charge is 2.22. The number of para-hydroxylation sites is 1. The van der Waals surface area contributed by atoms with Gasteiger partial charge in [-0.1, -0.05) is 48.5 Å². The Morgan fingerprint density at radius 1 is 0.848 bits per heavy atom. The molecule has 6 nitrogen and oxygen atoms in total. The number of phenols is 1. The number of hydrogen-bond donors (Lipinski definition) is 3. The number of fused-ring (bicyclic) bond motifs is 2. The minimum Gasteiger partial charge on any atom is -0.507 e. The summed E-state index contributed by atoms with van der Waals surface area (Å²) in [6.07, 6.45) is 4.30. The minimum absolute atomic E-state index is 0.369. The molecule has 170 valence electrons. The van der Waals surface area contributed by atoms with Crippen molar-refractivity contribution in [2.45, 2.75) is 44.3 Å². The quantitative estimate of drug-likeness (QED) is 0.388. The van der Waals surface area contributed by atoms with Crippen molar-refractivity contribution >= 4 is 33.4 Å². The van der Waals surface area contributed by atoms with Crippen molar-refractivity contribution in [2.24, 2.45) is 0 Å². The number of hydrogen-bond acceptors (Lipinski definition) is 6. The van der Waals surface area contributed by atoms with E-state index >= 15 is 0 Å². The van der Waals surface area contributed by atoms with Crippen LogP contribution >= 0.6 is 0 Å². The van der Waals surface area contributed by atoms with Crippen LogP contribution in [0.2, 0.25) is 0 Å². The third-order valence-electron chi connectivity index (χ3n) is 6.63. The zero-order valence-electron chi connectivity index (χ0n) is 19.3. The number of nitrogens with one attached hydrogen (secondary N) is 2. The molecule has 0 radical (unpaired) electrons. The molecule has 0 atom stereocenters. The lowest BCUT2D eigenvalue weighted by Crippen LogP contribution is -2.37. The van der Waals surface area contributed by atoms with Gasteiger partial charge in [-0.25, -0.2) is 4.98 Å². The van der Waals surface area contributed by atoms with Gasteiger partial charge < -0.3 is 20.6 Å². The summed E-state index contributed by atoms with van der Waals surface area (Å²) in [5, 5.41) is 20.9. The Kier molecular flexibility index (Phi) is 6.01. The number of aromatic hydroxyl groups is 1. The number of benzene rings is 3. The van der Waals surface area contributed by atoms with Gasteiger partial charge >= 0.3 is 0 Å². The molecule has 1 heterocycles. The molecule has 0 amide bonds. The highest BCUT2D eigenvalue weighted by atomic mass is 16.3. The maximum Gasteiger partial charge on any atom is 0.225 e. The molecular weight excluding hydrogens is 410 g/mol. The van der Waals surface area contributed by atoms with Gasteiger partial charge in [-0.05, 0) is 43.2 Å². The van der Waals surface area contributed by atoms with Crippen LogP contribution in [0.3, 0.4) is 0 Å². The number of anilines is 2. The Morgan fingerprint density at radius 3 is 2.33 bits per heavy atom. The van der Waals surface area contributed by atoms with Crippen LogP contribution in [0, 0.1) is 0 Å². The van der Waals surface area contributed by atoms with Gasteiger partial charge in [0.2, 0.25) is 5.95 Å². The zero-order chi connectivity index (χ0) is 22.8. The van der Waals surface area contributed by atoms with Crippen LogP contribution in [0.4, 0.5) is 11.8 Å². The number of aromatic nitrogens is 2. The van der Waals surface area contributed by atoms with E-state index < -0.39 is 0 Å². The highest BCUT2D eigenvalue weighted by Crippen LogP contribution is 2.30. The second kappa shape index (κ2) is 9.24. The molecule has 1 saturated carbocycles. The third-order valence-corrected chi connectivity index (χ3v) is 6.63. The molecule has 4 aromatic rings. The molecule has 0 saturated heterocycles. The lowest BCUT2D eigenvalue weighted by Gasteiger charge is -2.30. The van der Waals surface area contributed by atoms with Crippen LogP contribution < -0.4 is 15.5 Å². The molecule has 1 fully saturated rings. The predicted molar refractivity (Wildman–Crippen MR) is 136 cm³/mol. The monoisotopic (exact) mass is 441 g/mol. The average Bonchev–Trinajstić information content (AvgIpc) is 2.84. The first-order valence-corrected chi connectivity index (χ1v) is 11.7. The van der Waals surface area contributed by atoms with Gasteiger partial charge in [-0.3, -0.25) is 0 Å². The van der Waals surface area contributed by atoms with Gasteiger partial charge in [0.15, 0.2) is 0 Å². The van der Waals surface area contributed by atoms with E-state index in [1.54, 1.807) is 0 Å². The number of rotatable bonds is 6. The van der Waals surface area contributed by atoms with Gasteiger partial charge in [0.1, 0.15) is 11.6 Å². The summed E-state index contributed by atoms with van der Waals surface area (Å²) < 4.78 is 0. The van der Waals surface area contributed by atoms with E-state index in [2.05, 4.69) is 22.8 Å². The van der Waals surface area contributed by atoms with Crippen LogP contribution in [0.1, 0.15) is 31.2 Å². The summed E-state index contributed by atoms with van der Waals surface area (Å²) in [6, 6.07) is 21.0. The Bertz CT molecular complexity index is 1260. The van der Waals surface area contributed by atoms with Crippen molar-refractivity contribution in [1.29, 1.82) is 0 Å². The summed E-state index contributed by atoms with van der Waals surface area (Å²) >= 11 is 0. The third kappa shape index (κ3) is 4.57. The maximum absolute atomic E-state index is 10.7. The summed E-state index contributed by atoms with van der Waals surface area (Å²) in [6.45, 7) is 0.680. The highest BCUT2D eigenvalue weighted by molar-refractivity contribution is 5.90. The first-order chi connectivity index (χ1) is 16.1. The fraction of sp³-hybridized carbons (Fsp3) is 0.333. The van der Waals surface area contributed by atoms with Crippen LogP contribution in [0.15, 0.2) is 60.7 Å². The normalized spacial score (nSPS) is 18.5. The topological polar surface area (TPSA) is 73.3 Å². The first kappa shape index (κ1) is 21.5. The molecule has 0 aliphatic heterocycles. The van der Waals surface area contributed by atoms with Crippen LogP contribution in [0.25, 0.3) is 21.7 Å². The van der Waals surface area contributed by atoms with Crippen LogP contribution in [-0.4, -0.2) is 41.3 Å².